The number of carbonyl (C=O) groups is 2. The van der Waals surface area contributed by atoms with Crippen molar-refractivity contribution in [3.8, 4) is 0 Å². The van der Waals surface area contributed by atoms with Gasteiger partial charge in [0.15, 0.2) is 0 Å². The van der Waals surface area contributed by atoms with Crippen LogP contribution in [-0.2, 0) is 30.8 Å². The van der Waals surface area contributed by atoms with Gasteiger partial charge in [0.25, 0.3) is 0 Å². The first-order valence-electron chi connectivity index (χ1n) is 14.7. The van der Waals surface area contributed by atoms with E-state index in [0.717, 1.165) is 16.7 Å². The third-order valence-electron chi connectivity index (χ3n) is 7.92. The number of ketones is 1. The minimum atomic E-state index is -3.95. The first kappa shape index (κ1) is 33.6. The van der Waals surface area contributed by atoms with Gasteiger partial charge in [-0.25, -0.2) is 8.42 Å². The average molecular weight is 638 g/mol. The van der Waals surface area contributed by atoms with E-state index in [1.165, 1.54) is 0 Å². The molecule has 3 atom stereocenters. The molecule has 4 rings (SSSR count). The number of carboxylic acids is 1. The highest BCUT2D eigenvalue weighted by Gasteiger charge is 2.48. The summed E-state index contributed by atoms with van der Waals surface area (Å²) < 4.78 is 36.3. The highest BCUT2D eigenvalue weighted by Crippen LogP contribution is 2.46. The molecule has 3 aromatic carbocycles. The monoisotopic (exact) mass is 637 g/mol. The van der Waals surface area contributed by atoms with Crippen molar-refractivity contribution < 1.29 is 27.9 Å². The van der Waals surface area contributed by atoms with Crippen LogP contribution < -0.4 is 0 Å². The summed E-state index contributed by atoms with van der Waals surface area (Å²) in [7, 11) is -3.95. The van der Waals surface area contributed by atoms with E-state index in [9.17, 15) is 23.1 Å². The van der Waals surface area contributed by atoms with Gasteiger partial charge in [0.05, 0.1) is 30.1 Å². The normalized spacial score (nSPS) is 18.2. The van der Waals surface area contributed by atoms with Gasteiger partial charge < -0.3 is 9.84 Å². The van der Waals surface area contributed by atoms with Gasteiger partial charge in [-0.2, -0.15) is 4.31 Å². The number of carbonyl (C=O) groups excluding carboxylic acids is 1. The third kappa shape index (κ3) is 8.04. The van der Waals surface area contributed by atoms with E-state index in [4.69, 9.17) is 16.3 Å². The lowest BCUT2D eigenvalue weighted by Gasteiger charge is -2.37. The van der Waals surface area contributed by atoms with Crippen LogP contribution in [0.5, 0.6) is 0 Å². The van der Waals surface area contributed by atoms with Crippen molar-refractivity contribution in [1.29, 1.82) is 0 Å². The van der Waals surface area contributed by atoms with E-state index in [1.54, 1.807) is 41.6 Å². The topological polar surface area (TPSA) is 101 Å². The Kier molecular flexibility index (Phi) is 10.8. The van der Waals surface area contributed by atoms with Gasteiger partial charge in [-0.3, -0.25) is 9.59 Å². The second-order valence-corrected chi connectivity index (χ2v) is 14.6. The van der Waals surface area contributed by atoms with E-state index in [2.05, 4.69) is 0 Å². The van der Waals surface area contributed by atoms with Crippen LogP contribution in [0.25, 0.3) is 0 Å². The molecule has 9 heteroatoms. The van der Waals surface area contributed by atoms with Gasteiger partial charge in [0, 0.05) is 23.9 Å². The second-order valence-electron chi connectivity index (χ2n) is 12.4. The molecule has 44 heavy (non-hydrogen) atoms. The summed E-state index contributed by atoms with van der Waals surface area (Å²) >= 11 is 6.19. The van der Waals surface area contributed by atoms with Crippen molar-refractivity contribution in [2.24, 2.45) is 11.3 Å². The number of carboxylic acid groups (broad SMARTS) is 1. The number of sulfonamides is 1. The van der Waals surface area contributed by atoms with Crippen LogP contribution in [0, 0.1) is 18.3 Å². The molecule has 0 radical (unpaired) electrons. The molecule has 0 amide bonds. The Hall–Kier alpha value is -3.30. The standard InChI is InChI=1S/C35H40ClNO6S/c1-24-10-8-9-13-31(24)44(41,42)37-32(35(2,3)4)22-28(33(37)26-14-16-29(36)17-15-26)23-43-19-18-30(38)21-27(34(39)40)20-25-11-6-5-7-12-25/h5-17,22,27,32-33H,18-21,23H2,1-4H3,(H,39,40)/t27-,32+,33?/m1/s1. The Morgan fingerprint density at radius 2 is 1.61 bits per heavy atom. The fourth-order valence-corrected chi connectivity index (χ4v) is 7.89. The van der Waals surface area contributed by atoms with Crippen LogP contribution in [0.4, 0.5) is 0 Å². The fourth-order valence-electron chi connectivity index (χ4n) is 5.60. The highest BCUT2D eigenvalue weighted by molar-refractivity contribution is 7.89. The van der Waals surface area contributed by atoms with E-state index < -0.39 is 39.4 Å². The van der Waals surface area contributed by atoms with Gasteiger partial charge in [0.2, 0.25) is 10.0 Å². The number of nitrogens with zero attached hydrogens (tertiary/aromatic N) is 1. The molecule has 0 bridgehead atoms. The van der Waals surface area contributed by atoms with Crippen LogP contribution in [0.15, 0.2) is 95.4 Å². The molecule has 0 fully saturated rings. The lowest BCUT2D eigenvalue weighted by atomic mass is 9.87. The van der Waals surface area contributed by atoms with Gasteiger partial charge >= 0.3 is 5.97 Å². The summed E-state index contributed by atoms with van der Waals surface area (Å²) in [5.74, 6) is -2.02. The first-order valence-corrected chi connectivity index (χ1v) is 16.5. The Morgan fingerprint density at radius 3 is 2.23 bits per heavy atom. The van der Waals surface area contributed by atoms with Crippen LogP contribution in [-0.4, -0.2) is 48.8 Å². The summed E-state index contributed by atoms with van der Waals surface area (Å²) in [5, 5.41) is 10.2. The maximum atomic E-state index is 14.3. The van der Waals surface area contributed by atoms with Gasteiger partial charge in [0.1, 0.15) is 5.78 Å². The zero-order valence-corrected chi connectivity index (χ0v) is 27.1. The molecule has 0 spiro atoms. The summed E-state index contributed by atoms with van der Waals surface area (Å²) in [5.41, 5.74) is 2.61. The minimum Gasteiger partial charge on any atom is -0.481 e. The predicted molar refractivity (Wildman–Crippen MR) is 172 cm³/mol. The van der Waals surface area contributed by atoms with Crippen molar-refractivity contribution in [3.05, 3.63) is 112 Å². The molecule has 1 aliphatic heterocycles. The molecule has 1 unspecified atom stereocenters. The molecule has 1 N–H and O–H groups in total. The summed E-state index contributed by atoms with van der Waals surface area (Å²) in [6, 6.07) is 22.2. The largest absolute Gasteiger partial charge is 0.481 e. The van der Waals surface area contributed by atoms with E-state index in [1.807, 2.05) is 75.4 Å². The minimum absolute atomic E-state index is 0.0609. The third-order valence-corrected chi connectivity index (χ3v) is 10.2. The molecular weight excluding hydrogens is 598 g/mol. The zero-order chi connectivity index (χ0) is 32.1. The lowest BCUT2D eigenvalue weighted by molar-refractivity contribution is -0.143. The van der Waals surface area contributed by atoms with Crippen molar-refractivity contribution in [1.82, 2.24) is 4.31 Å². The molecular formula is C35H40ClNO6S. The van der Waals surface area contributed by atoms with E-state index >= 15 is 0 Å². The van der Waals surface area contributed by atoms with Crippen molar-refractivity contribution in [3.63, 3.8) is 0 Å². The van der Waals surface area contributed by atoms with Gasteiger partial charge in [-0.1, -0.05) is 99.1 Å². The van der Waals surface area contributed by atoms with Crippen LogP contribution in [0.1, 0.15) is 56.3 Å². The summed E-state index contributed by atoms with van der Waals surface area (Å²) in [6.07, 6.45) is 2.22. The maximum absolute atomic E-state index is 14.3. The first-order chi connectivity index (χ1) is 20.8. The Labute approximate surface area is 265 Å². The van der Waals surface area contributed by atoms with Crippen LogP contribution >= 0.6 is 11.6 Å². The maximum Gasteiger partial charge on any atom is 0.307 e. The molecule has 234 valence electrons. The SMILES string of the molecule is Cc1ccccc1S(=O)(=O)N1C(c2ccc(Cl)cc2)C(COCCC(=O)C[C@@H](Cc2ccccc2)C(=O)O)=C[C@H]1C(C)(C)C. The lowest BCUT2D eigenvalue weighted by Crippen LogP contribution is -2.45. The van der Waals surface area contributed by atoms with Crippen molar-refractivity contribution in [2.75, 3.05) is 13.2 Å². The number of ether oxygens (including phenoxy) is 1. The molecule has 0 aromatic heterocycles. The number of aliphatic carboxylic acids is 1. The number of benzene rings is 3. The fraction of sp³-hybridized carbons (Fsp3) is 0.371. The molecule has 7 nitrogen and oxygen atoms in total. The van der Waals surface area contributed by atoms with E-state index in [-0.39, 0.29) is 43.2 Å². The van der Waals surface area contributed by atoms with E-state index in [0.29, 0.717) is 10.6 Å². The summed E-state index contributed by atoms with van der Waals surface area (Å²) in [4.78, 5) is 24.8. The molecule has 0 saturated heterocycles. The number of Topliss-reactive ketones (excluding diaryl/α,β-unsaturated/α-hetero) is 1. The number of hydrogen-bond acceptors (Lipinski definition) is 5. The smallest absolute Gasteiger partial charge is 0.307 e. The van der Waals surface area contributed by atoms with Crippen molar-refractivity contribution >= 4 is 33.4 Å². The van der Waals surface area contributed by atoms with Crippen LogP contribution in [0.3, 0.4) is 0 Å². The molecule has 1 heterocycles. The average Bonchev–Trinajstić information content (AvgIpc) is 3.37. The predicted octanol–water partition coefficient (Wildman–Crippen LogP) is 7.04. The molecule has 0 saturated carbocycles. The Balaban J connectivity index is 1.53. The second kappa shape index (κ2) is 14.2. The number of aryl methyl sites for hydroxylation is 1. The molecule has 0 aliphatic carbocycles. The van der Waals surface area contributed by atoms with Gasteiger partial charge in [-0.15, -0.1) is 0 Å². The molecule has 3 aromatic rings. The van der Waals surface area contributed by atoms with Gasteiger partial charge in [-0.05, 0) is 59.2 Å². The molecule has 1 aliphatic rings. The summed E-state index contributed by atoms with van der Waals surface area (Å²) in [6.45, 7) is 8.00. The Morgan fingerprint density at radius 1 is 0.977 bits per heavy atom. The number of hydrogen-bond donors (Lipinski definition) is 1. The quantitative estimate of drug-likeness (QED) is 0.159. The van der Waals surface area contributed by atoms with Crippen molar-refractivity contribution in [2.45, 2.75) is 63.9 Å². The van der Waals surface area contributed by atoms with Crippen LogP contribution in [0.2, 0.25) is 5.02 Å². The zero-order valence-electron chi connectivity index (χ0n) is 25.6. The number of rotatable bonds is 13. The number of halogens is 1. The Bertz CT molecular complexity index is 1600. The highest BCUT2D eigenvalue weighted by atomic mass is 35.5.